The Morgan fingerprint density at radius 2 is 1.89 bits per heavy atom. The number of nitrogens with zero attached hydrogens (tertiary/aromatic N) is 4. The first kappa shape index (κ1) is 35.4. The summed E-state index contributed by atoms with van der Waals surface area (Å²) in [6.07, 6.45) is 0.508. The third-order valence-electron chi connectivity index (χ3n) is 7.52. The van der Waals surface area contributed by atoms with Crippen molar-refractivity contribution >= 4 is 57.6 Å². The van der Waals surface area contributed by atoms with E-state index in [4.69, 9.17) is 32.9 Å². The summed E-state index contributed by atoms with van der Waals surface area (Å²) in [7, 11) is 1.39. The number of rotatable bonds is 10. The highest BCUT2D eigenvalue weighted by Gasteiger charge is 2.29. The standard InChI is InChI=1S/C33H37Cl2FN6O5/c1-17(2)25-29(18(3)11-12-37-25)42-30-19(15-20(35)27(40-30)24-21(36)9-8-10-22(24)47-7)26(28(31(42)44)39-23(43)16-34)38-13-14-41(32(45)46)33(4,5)6/h8-12,15,17,38H,13-14,16H2,1-7H3,(H,39,43)(H,45,46). The van der Waals surface area contributed by atoms with Gasteiger partial charge in [-0.1, -0.05) is 31.5 Å². The zero-order chi connectivity index (χ0) is 34.8. The van der Waals surface area contributed by atoms with Gasteiger partial charge in [-0.05, 0) is 63.4 Å². The number of benzene rings is 1. The lowest BCUT2D eigenvalue weighted by molar-refractivity contribution is -0.113. The maximum atomic E-state index is 15.4. The Hall–Kier alpha value is -4.42. The number of carbonyl (C=O) groups excluding carboxylic acids is 1. The zero-order valence-electron chi connectivity index (χ0n) is 27.2. The molecule has 11 nitrogen and oxygen atoms in total. The zero-order valence-corrected chi connectivity index (χ0v) is 28.7. The van der Waals surface area contributed by atoms with Gasteiger partial charge in [-0.15, -0.1) is 11.6 Å². The van der Waals surface area contributed by atoms with Crippen LogP contribution in [0.2, 0.25) is 5.02 Å². The number of aryl methyl sites for hydroxylation is 1. The number of pyridine rings is 3. The van der Waals surface area contributed by atoms with Gasteiger partial charge in [0.05, 0.1) is 40.5 Å². The smallest absolute Gasteiger partial charge is 0.407 e. The molecule has 0 aliphatic rings. The van der Waals surface area contributed by atoms with Crippen molar-refractivity contribution in [1.29, 1.82) is 0 Å². The van der Waals surface area contributed by atoms with Crippen molar-refractivity contribution in [3.63, 3.8) is 0 Å². The Kier molecular flexibility index (Phi) is 10.7. The number of ether oxygens (including phenoxy) is 1. The Morgan fingerprint density at radius 1 is 1.19 bits per heavy atom. The Bertz CT molecular complexity index is 1910. The second kappa shape index (κ2) is 14.1. The van der Waals surface area contributed by atoms with Gasteiger partial charge in [0.2, 0.25) is 5.91 Å². The number of hydrogen-bond donors (Lipinski definition) is 3. The van der Waals surface area contributed by atoms with Crippen molar-refractivity contribution in [3.05, 3.63) is 69.0 Å². The van der Waals surface area contributed by atoms with E-state index >= 15 is 4.39 Å². The van der Waals surface area contributed by atoms with E-state index in [1.54, 1.807) is 39.1 Å². The molecular formula is C33H37Cl2FN6O5. The van der Waals surface area contributed by atoms with E-state index in [2.05, 4.69) is 15.6 Å². The number of fused-ring (bicyclic) bond motifs is 1. The van der Waals surface area contributed by atoms with E-state index in [1.165, 1.54) is 34.8 Å². The van der Waals surface area contributed by atoms with Crippen molar-refractivity contribution in [1.82, 2.24) is 19.4 Å². The van der Waals surface area contributed by atoms with Crippen LogP contribution in [-0.4, -0.2) is 68.2 Å². The Labute approximate surface area is 281 Å². The Morgan fingerprint density at radius 3 is 2.49 bits per heavy atom. The van der Waals surface area contributed by atoms with Gasteiger partial charge in [0.15, 0.2) is 0 Å². The van der Waals surface area contributed by atoms with Gasteiger partial charge in [-0.3, -0.25) is 19.1 Å². The number of anilines is 2. The molecule has 0 radical (unpaired) electrons. The first-order valence-corrected chi connectivity index (χ1v) is 15.7. The van der Waals surface area contributed by atoms with Gasteiger partial charge in [0.25, 0.3) is 5.56 Å². The molecule has 3 heterocycles. The van der Waals surface area contributed by atoms with E-state index in [9.17, 15) is 19.5 Å². The molecule has 4 aromatic rings. The molecule has 0 fully saturated rings. The largest absolute Gasteiger partial charge is 0.496 e. The molecule has 0 aliphatic carbocycles. The predicted octanol–water partition coefficient (Wildman–Crippen LogP) is 7.05. The number of carbonyl (C=O) groups is 2. The van der Waals surface area contributed by atoms with Crippen LogP contribution in [0.25, 0.3) is 28.0 Å². The fraction of sp³-hybridized carbons (Fsp3) is 0.364. The molecule has 0 unspecified atom stereocenters. The van der Waals surface area contributed by atoms with E-state index in [0.29, 0.717) is 16.9 Å². The van der Waals surface area contributed by atoms with Crippen LogP contribution in [0.5, 0.6) is 5.75 Å². The average Bonchev–Trinajstić information content (AvgIpc) is 3.00. The second-order valence-corrected chi connectivity index (χ2v) is 12.8. The number of alkyl halides is 1. The second-order valence-electron chi connectivity index (χ2n) is 12.1. The van der Waals surface area contributed by atoms with Crippen molar-refractivity contribution in [2.75, 3.05) is 36.7 Å². The summed E-state index contributed by atoms with van der Waals surface area (Å²) < 4.78 is 22.1. The number of halogens is 3. The van der Waals surface area contributed by atoms with Crippen molar-refractivity contribution in [3.8, 4) is 22.7 Å². The topological polar surface area (TPSA) is 139 Å². The normalized spacial score (nSPS) is 11.6. The third-order valence-corrected chi connectivity index (χ3v) is 8.06. The highest BCUT2D eigenvalue weighted by atomic mass is 35.5. The fourth-order valence-electron chi connectivity index (χ4n) is 5.34. The van der Waals surface area contributed by atoms with Crippen molar-refractivity contribution in [2.45, 2.75) is 53.0 Å². The molecule has 0 bridgehead atoms. The molecule has 2 amide bonds. The monoisotopic (exact) mass is 686 g/mol. The first-order valence-electron chi connectivity index (χ1n) is 14.8. The molecule has 0 aliphatic heterocycles. The van der Waals surface area contributed by atoms with Crippen molar-refractivity contribution < 1.29 is 23.8 Å². The van der Waals surface area contributed by atoms with Gasteiger partial charge in [-0.25, -0.2) is 14.2 Å². The maximum Gasteiger partial charge on any atom is 0.407 e. The number of aromatic nitrogens is 3. The quantitative estimate of drug-likeness (QED) is 0.151. The fourth-order valence-corrected chi connectivity index (χ4v) is 5.65. The molecule has 4 rings (SSSR count). The number of carboxylic acid groups (broad SMARTS) is 1. The molecular weight excluding hydrogens is 650 g/mol. The van der Waals surface area contributed by atoms with Crippen LogP contribution in [0, 0.1) is 12.7 Å². The van der Waals surface area contributed by atoms with Gasteiger partial charge in [0, 0.05) is 30.2 Å². The number of methoxy groups -OCH3 is 1. The van der Waals surface area contributed by atoms with E-state index in [-0.39, 0.29) is 63.4 Å². The third kappa shape index (κ3) is 7.13. The van der Waals surface area contributed by atoms with Gasteiger partial charge in [-0.2, -0.15) is 0 Å². The molecule has 0 saturated carbocycles. The summed E-state index contributed by atoms with van der Waals surface area (Å²) >= 11 is 12.7. The van der Waals surface area contributed by atoms with Crippen LogP contribution in [0.4, 0.5) is 20.6 Å². The lowest BCUT2D eigenvalue weighted by atomic mass is 10.0. The lowest BCUT2D eigenvalue weighted by Gasteiger charge is -2.33. The summed E-state index contributed by atoms with van der Waals surface area (Å²) in [6.45, 7) is 11.0. The van der Waals surface area contributed by atoms with E-state index < -0.39 is 34.8 Å². The van der Waals surface area contributed by atoms with Gasteiger partial charge >= 0.3 is 6.09 Å². The molecule has 0 atom stereocenters. The van der Waals surface area contributed by atoms with E-state index in [0.717, 1.165) is 0 Å². The van der Waals surface area contributed by atoms with Crippen LogP contribution < -0.4 is 20.9 Å². The SMILES string of the molecule is COc1cccc(F)c1-c1nc2c(cc1Cl)c(NCCN(C(=O)O)C(C)(C)C)c(NC(=O)CCl)c(=O)n2-c1c(C)ccnc1C(C)C. The van der Waals surface area contributed by atoms with Crippen LogP contribution in [0.3, 0.4) is 0 Å². The minimum Gasteiger partial charge on any atom is -0.496 e. The predicted molar refractivity (Wildman–Crippen MR) is 183 cm³/mol. The van der Waals surface area contributed by atoms with Crippen molar-refractivity contribution in [2.24, 2.45) is 0 Å². The molecule has 47 heavy (non-hydrogen) atoms. The highest BCUT2D eigenvalue weighted by Crippen LogP contribution is 2.40. The number of nitrogens with one attached hydrogen (secondary N) is 2. The number of amides is 2. The van der Waals surface area contributed by atoms with Crippen LogP contribution in [0.1, 0.15) is 51.8 Å². The summed E-state index contributed by atoms with van der Waals surface area (Å²) in [5.74, 6) is -1.70. The molecule has 0 spiro atoms. The lowest BCUT2D eigenvalue weighted by Crippen LogP contribution is -2.47. The average molecular weight is 688 g/mol. The Balaban J connectivity index is 2.15. The van der Waals surface area contributed by atoms with Crippen LogP contribution >= 0.6 is 23.2 Å². The molecule has 1 aromatic carbocycles. The highest BCUT2D eigenvalue weighted by molar-refractivity contribution is 6.34. The maximum absolute atomic E-state index is 15.4. The molecule has 250 valence electrons. The molecule has 14 heteroatoms. The van der Waals surface area contributed by atoms with E-state index in [1.807, 2.05) is 20.8 Å². The summed E-state index contributed by atoms with van der Waals surface area (Å²) in [6, 6.07) is 7.56. The number of hydrogen-bond acceptors (Lipinski definition) is 7. The van der Waals surface area contributed by atoms with Gasteiger partial charge < -0.3 is 25.4 Å². The molecule has 3 N–H and O–H groups in total. The summed E-state index contributed by atoms with van der Waals surface area (Å²) in [5.41, 5.74) is 0.348. The van der Waals surface area contributed by atoms with Gasteiger partial charge in [0.1, 0.15) is 28.8 Å². The summed E-state index contributed by atoms with van der Waals surface area (Å²) in [5, 5.41) is 15.9. The minimum atomic E-state index is -1.13. The molecule has 0 saturated heterocycles. The summed E-state index contributed by atoms with van der Waals surface area (Å²) in [4.78, 5) is 50.0. The first-order chi connectivity index (χ1) is 22.1. The minimum absolute atomic E-state index is 0.0100. The molecule has 3 aromatic heterocycles. The van der Waals surface area contributed by atoms with Crippen LogP contribution in [-0.2, 0) is 4.79 Å². The van der Waals surface area contributed by atoms with Crippen LogP contribution in [0.15, 0.2) is 41.3 Å².